The number of benzene rings is 1. The summed E-state index contributed by atoms with van der Waals surface area (Å²) >= 11 is 0. The van der Waals surface area contributed by atoms with E-state index in [1.54, 1.807) is 0 Å². The van der Waals surface area contributed by atoms with Crippen molar-refractivity contribution in [2.45, 2.75) is 6.54 Å². The fourth-order valence-electron chi connectivity index (χ4n) is 2.62. The van der Waals surface area contributed by atoms with E-state index in [0.29, 0.717) is 5.84 Å². The Kier molecular flexibility index (Phi) is 3.30. The van der Waals surface area contributed by atoms with Gasteiger partial charge in [0.1, 0.15) is 5.84 Å². The molecule has 0 aromatic heterocycles. The molecule has 3 rings (SSSR count). The van der Waals surface area contributed by atoms with Crippen molar-refractivity contribution in [3.05, 3.63) is 35.4 Å². The SMILES string of the molecule is N=C1c2ccccc2CN1CCN1CCOCC1. The molecular weight excluding hydrogens is 226 g/mol. The molecule has 2 aliphatic rings. The summed E-state index contributed by atoms with van der Waals surface area (Å²) in [6, 6.07) is 8.24. The van der Waals surface area contributed by atoms with E-state index in [2.05, 4.69) is 21.9 Å². The zero-order valence-electron chi connectivity index (χ0n) is 10.6. The highest BCUT2D eigenvalue weighted by molar-refractivity contribution is 6.00. The Morgan fingerprint density at radius 2 is 1.89 bits per heavy atom. The van der Waals surface area contributed by atoms with Crippen molar-refractivity contribution in [2.24, 2.45) is 0 Å². The van der Waals surface area contributed by atoms with Crippen LogP contribution in [0.5, 0.6) is 0 Å². The second-order valence-corrected chi connectivity index (χ2v) is 4.88. The predicted octanol–water partition coefficient (Wildman–Crippen LogP) is 1.16. The van der Waals surface area contributed by atoms with E-state index < -0.39 is 0 Å². The van der Waals surface area contributed by atoms with Crippen LogP contribution in [0.1, 0.15) is 11.1 Å². The van der Waals surface area contributed by atoms with E-state index in [1.165, 1.54) is 5.56 Å². The molecule has 2 heterocycles. The van der Waals surface area contributed by atoms with Crippen LogP contribution in [0.4, 0.5) is 0 Å². The van der Waals surface area contributed by atoms with Gasteiger partial charge < -0.3 is 9.64 Å². The Bertz CT molecular complexity index is 440. The van der Waals surface area contributed by atoms with Crippen LogP contribution in [0.15, 0.2) is 24.3 Å². The molecule has 4 nitrogen and oxygen atoms in total. The van der Waals surface area contributed by atoms with Crippen molar-refractivity contribution in [2.75, 3.05) is 39.4 Å². The van der Waals surface area contributed by atoms with Crippen LogP contribution in [0.3, 0.4) is 0 Å². The van der Waals surface area contributed by atoms with Gasteiger partial charge in [-0.1, -0.05) is 24.3 Å². The molecule has 2 aliphatic heterocycles. The minimum atomic E-state index is 0.679. The van der Waals surface area contributed by atoms with Gasteiger partial charge in [-0.15, -0.1) is 0 Å². The topological polar surface area (TPSA) is 39.6 Å². The first-order valence-electron chi connectivity index (χ1n) is 6.56. The number of ether oxygens (including phenoxy) is 1. The van der Waals surface area contributed by atoms with E-state index >= 15 is 0 Å². The third kappa shape index (κ3) is 2.26. The lowest BCUT2D eigenvalue weighted by atomic mass is 10.1. The molecule has 0 amide bonds. The number of morpholine rings is 1. The Morgan fingerprint density at radius 1 is 1.11 bits per heavy atom. The fraction of sp³-hybridized carbons (Fsp3) is 0.500. The quantitative estimate of drug-likeness (QED) is 0.868. The van der Waals surface area contributed by atoms with Gasteiger partial charge in [-0.2, -0.15) is 0 Å². The molecule has 1 fully saturated rings. The summed E-state index contributed by atoms with van der Waals surface area (Å²) in [5.41, 5.74) is 2.38. The Morgan fingerprint density at radius 3 is 2.67 bits per heavy atom. The maximum atomic E-state index is 8.19. The van der Waals surface area contributed by atoms with Gasteiger partial charge in [0.15, 0.2) is 0 Å². The molecule has 0 aliphatic carbocycles. The number of hydrogen-bond donors (Lipinski definition) is 1. The predicted molar refractivity (Wildman–Crippen MR) is 70.9 cm³/mol. The lowest BCUT2D eigenvalue weighted by Gasteiger charge is -2.29. The van der Waals surface area contributed by atoms with Crippen LogP contribution in [0, 0.1) is 5.41 Å². The molecule has 0 unspecified atom stereocenters. The molecular formula is C14H19N3O. The van der Waals surface area contributed by atoms with Gasteiger partial charge in [0.2, 0.25) is 0 Å². The number of amidine groups is 1. The summed E-state index contributed by atoms with van der Waals surface area (Å²) in [6.45, 7) is 6.59. The maximum Gasteiger partial charge on any atom is 0.128 e. The van der Waals surface area contributed by atoms with Crippen molar-refractivity contribution >= 4 is 5.84 Å². The van der Waals surface area contributed by atoms with Crippen molar-refractivity contribution < 1.29 is 4.74 Å². The zero-order chi connectivity index (χ0) is 12.4. The summed E-state index contributed by atoms with van der Waals surface area (Å²) < 4.78 is 5.35. The minimum Gasteiger partial charge on any atom is -0.379 e. The minimum absolute atomic E-state index is 0.679. The molecule has 1 aromatic carbocycles. The Balaban J connectivity index is 1.57. The molecule has 4 heteroatoms. The van der Waals surface area contributed by atoms with Crippen LogP contribution in [-0.2, 0) is 11.3 Å². The number of rotatable bonds is 3. The number of fused-ring (bicyclic) bond motifs is 1. The summed E-state index contributed by atoms with van der Waals surface area (Å²) in [5, 5.41) is 8.19. The molecule has 0 radical (unpaired) electrons. The fourth-order valence-corrected chi connectivity index (χ4v) is 2.62. The number of hydrogen-bond acceptors (Lipinski definition) is 3. The monoisotopic (exact) mass is 245 g/mol. The van der Waals surface area contributed by atoms with Gasteiger partial charge in [-0.25, -0.2) is 0 Å². The van der Waals surface area contributed by atoms with Gasteiger partial charge in [0.25, 0.3) is 0 Å². The van der Waals surface area contributed by atoms with Gasteiger partial charge >= 0.3 is 0 Å². The Labute approximate surface area is 108 Å². The summed E-state index contributed by atoms with van der Waals surface area (Å²) in [7, 11) is 0. The molecule has 0 saturated carbocycles. The van der Waals surface area contributed by atoms with Crippen LogP contribution >= 0.6 is 0 Å². The maximum absolute atomic E-state index is 8.19. The zero-order valence-corrected chi connectivity index (χ0v) is 10.6. The van der Waals surface area contributed by atoms with Crippen LogP contribution in [-0.4, -0.2) is 55.0 Å². The molecule has 1 saturated heterocycles. The van der Waals surface area contributed by atoms with Crippen LogP contribution in [0.2, 0.25) is 0 Å². The van der Waals surface area contributed by atoms with Crippen molar-refractivity contribution in [1.82, 2.24) is 9.80 Å². The lowest BCUT2D eigenvalue weighted by Crippen LogP contribution is -2.41. The second kappa shape index (κ2) is 5.08. The van der Waals surface area contributed by atoms with E-state index in [4.69, 9.17) is 10.1 Å². The highest BCUT2D eigenvalue weighted by Crippen LogP contribution is 2.21. The molecule has 0 bridgehead atoms. The van der Waals surface area contributed by atoms with Gasteiger partial charge in [-0.3, -0.25) is 10.3 Å². The first-order chi connectivity index (χ1) is 8.84. The highest BCUT2D eigenvalue weighted by Gasteiger charge is 2.23. The Hall–Kier alpha value is -1.39. The van der Waals surface area contributed by atoms with Gasteiger partial charge in [-0.05, 0) is 5.56 Å². The first-order valence-corrected chi connectivity index (χ1v) is 6.56. The van der Waals surface area contributed by atoms with E-state index in [0.717, 1.165) is 51.5 Å². The molecule has 1 aromatic rings. The van der Waals surface area contributed by atoms with Gasteiger partial charge in [0, 0.05) is 38.3 Å². The van der Waals surface area contributed by atoms with Crippen molar-refractivity contribution in [3.8, 4) is 0 Å². The number of nitrogens with one attached hydrogen (secondary N) is 1. The highest BCUT2D eigenvalue weighted by atomic mass is 16.5. The van der Waals surface area contributed by atoms with E-state index in [-0.39, 0.29) is 0 Å². The molecule has 0 spiro atoms. The molecule has 96 valence electrons. The molecule has 1 N–H and O–H groups in total. The van der Waals surface area contributed by atoms with Crippen molar-refractivity contribution in [1.29, 1.82) is 5.41 Å². The second-order valence-electron chi connectivity index (χ2n) is 4.88. The largest absolute Gasteiger partial charge is 0.379 e. The summed E-state index contributed by atoms with van der Waals surface area (Å²) in [4.78, 5) is 4.58. The third-order valence-electron chi connectivity index (χ3n) is 3.74. The lowest BCUT2D eigenvalue weighted by molar-refractivity contribution is 0.0359. The first kappa shape index (κ1) is 11.7. The normalized spacial score (nSPS) is 20.2. The van der Waals surface area contributed by atoms with E-state index in [1.807, 2.05) is 12.1 Å². The van der Waals surface area contributed by atoms with Crippen LogP contribution < -0.4 is 0 Å². The average Bonchev–Trinajstić information content (AvgIpc) is 2.75. The van der Waals surface area contributed by atoms with E-state index in [9.17, 15) is 0 Å². The van der Waals surface area contributed by atoms with Crippen LogP contribution in [0.25, 0.3) is 0 Å². The van der Waals surface area contributed by atoms with Gasteiger partial charge in [0.05, 0.1) is 13.2 Å². The summed E-state index contributed by atoms with van der Waals surface area (Å²) in [5.74, 6) is 0.679. The van der Waals surface area contributed by atoms with Crippen molar-refractivity contribution in [3.63, 3.8) is 0 Å². The summed E-state index contributed by atoms with van der Waals surface area (Å²) in [6.07, 6.45) is 0. The standard InChI is InChI=1S/C14H19N3O/c15-14-13-4-2-1-3-12(13)11-17(14)6-5-16-7-9-18-10-8-16/h1-4,15H,5-11H2. The molecule has 0 atom stereocenters. The molecule has 18 heavy (non-hydrogen) atoms. The number of nitrogens with zero attached hydrogens (tertiary/aromatic N) is 2. The third-order valence-corrected chi connectivity index (χ3v) is 3.74. The smallest absolute Gasteiger partial charge is 0.128 e. The average molecular weight is 245 g/mol.